The Kier molecular flexibility index (Phi) is 4.05. The second-order valence-corrected chi connectivity index (χ2v) is 5.83. The van der Waals surface area contributed by atoms with Gasteiger partial charge in [-0.1, -0.05) is 0 Å². The van der Waals surface area contributed by atoms with Crippen molar-refractivity contribution in [2.24, 2.45) is 0 Å². The van der Waals surface area contributed by atoms with Crippen LogP contribution in [0.2, 0.25) is 0 Å². The van der Waals surface area contributed by atoms with Crippen LogP contribution in [0.15, 0.2) is 33.5 Å². The summed E-state index contributed by atoms with van der Waals surface area (Å²) in [6.07, 6.45) is 5.44. The molecule has 0 aromatic carbocycles. The van der Waals surface area contributed by atoms with E-state index in [0.717, 1.165) is 22.7 Å². The van der Waals surface area contributed by atoms with Gasteiger partial charge in [0.15, 0.2) is 5.65 Å². The molecule has 2 N–H and O–H groups in total. The van der Waals surface area contributed by atoms with Crippen molar-refractivity contribution >= 4 is 22.9 Å². The fourth-order valence-electron chi connectivity index (χ4n) is 2.04. The number of fused-ring (bicyclic) bond motifs is 1. The van der Waals surface area contributed by atoms with Gasteiger partial charge in [0.1, 0.15) is 16.9 Å². The molecular weight excluding hydrogens is 304 g/mol. The number of aromatic nitrogens is 6. The van der Waals surface area contributed by atoms with E-state index in [2.05, 4.69) is 24.9 Å². The van der Waals surface area contributed by atoms with Gasteiger partial charge in [-0.3, -0.25) is 9.78 Å². The van der Waals surface area contributed by atoms with Crippen molar-refractivity contribution in [1.82, 2.24) is 29.5 Å². The molecule has 0 saturated carbocycles. The van der Waals surface area contributed by atoms with E-state index >= 15 is 0 Å². The van der Waals surface area contributed by atoms with Crippen LogP contribution >= 0.6 is 11.8 Å². The molecule has 3 rings (SSSR count). The van der Waals surface area contributed by atoms with Crippen LogP contribution in [-0.4, -0.2) is 35.2 Å². The van der Waals surface area contributed by atoms with Gasteiger partial charge >= 0.3 is 5.69 Å². The maximum atomic E-state index is 11.7. The molecule has 0 fully saturated rings. The summed E-state index contributed by atoms with van der Waals surface area (Å²) in [6, 6.07) is 0. The first-order chi connectivity index (χ1) is 10.6. The van der Waals surface area contributed by atoms with Crippen molar-refractivity contribution in [2.45, 2.75) is 24.9 Å². The second kappa shape index (κ2) is 6.14. The fourth-order valence-corrected chi connectivity index (χ4v) is 2.92. The van der Waals surface area contributed by atoms with Crippen LogP contribution in [0.3, 0.4) is 0 Å². The highest BCUT2D eigenvalue weighted by Crippen LogP contribution is 2.22. The van der Waals surface area contributed by atoms with Crippen LogP contribution in [-0.2, 0) is 6.54 Å². The van der Waals surface area contributed by atoms with Gasteiger partial charge in [-0.05, 0) is 13.3 Å². The van der Waals surface area contributed by atoms with Crippen molar-refractivity contribution in [1.29, 1.82) is 0 Å². The van der Waals surface area contributed by atoms with Crippen LogP contribution in [0.5, 0.6) is 0 Å². The molecule has 3 heterocycles. The normalized spacial score (nSPS) is 11.1. The number of thioether (sulfide) groups is 1. The minimum atomic E-state index is -0.376. The van der Waals surface area contributed by atoms with Crippen LogP contribution < -0.4 is 11.2 Å². The number of aromatic amines is 2. The lowest BCUT2D eigenvalue weighted by Crippen LogP contribution is -2.30. The number of nitrogens with one attached hydrogen (secondary N) is 2. The third-order valence-corrected chi connectivity index (χ3v) is 4.24. The summed E-state index contributed by atoms with van der Waals surface area (Å²) in [7, 11) is 0. The molecule has 0 aliphatic rings. The highest BCUT2D eigenvalue weighted by molar-refractivity contribution is 7.99. The first-order valence-corrected chi connectivity index (χ1v) is 7.71. The van der Waals surface area contributed by atoms with Crippen molar-refractivity contribution in [3.63, 3.8) is 0 Å². The lowest BCUT2D eigenvalue weighted by molar-refractivity contribution is 0.631. The molecule has 0 amide bonds. The van der Waals surface area contributed by atoms with Crippen molar-refractivity contribution in [2.75, 3.05) is 5.75 Å². The van der Waals surface area contributed by atoms with Gasteiger partial charge in [0, 0.05) is 24.1 Å². The van der Waals surface area contributed by atoms with E-state index in [-0.39, 0.29) is 11.2 Å². The molecule has 0 aliphatic carbocycles. The van der Waals surface area contributed by atoms with E-state index in [4.69, 9.17) is 0 Å². The van der Waals surface area contributed by atoms with E-state index in [1.165, 1.54) is 10.9 Å². The third kappa shape index (κ3) is 2.93. The average Bonchev–Trinajstić information content (AvgIpc) is 2.97. The van der Waals surface area contributed by atoms with Crippen LogP contribution in [0.1, 0.15) is 12.0 Å². The molecule has 0 bridgehead atoms. The molecule has 0 aliphatic heterocycles. The van der Waals surface area contributed by atoms with Crippen molar-refractivity contribution < 1.29 is 0 Å². The first kappa shape index (κ1) is 14.5. The lowest BCUT2D eigenvalue weighted by atomic mass is 10.4. The molecule has 0 radical (unpaired) electrons. The summed E-state index contributed by atoms with van der Waals surface area (Å²) in [5.41, 5.74) is 1.29. The van der Waals surface area contributed by atoms with Gasteiger partial charge in [0.25, 0.3) is 5.56 Å². The van der Waals surface area contributed by atoms with Gasteiger partial charge < -0.3 is 9.55 Å². The van der Waals surface area contributed by atoms with E-state index in [9.17, 15) is 9.59 Å². The standard InChI is InChI=1S/C13H14N6O2S/c1-8-5-19(13(21)18-11(8)20)3-2-4-22-12-9-10(15-6-14-9)16-7-17-12/h5-7H,2-4H2,1H3,(H,18,20,21)(H,14,15,16,17). The zero-order valence-corrected chi connectivity index (χ0v) is 12.7. The highest BCUT2D eigenvalue weighted by Gasteiger charge is 2.06. The summed E-state index contributed by atoms with van der Waals surface area (Å²) in [5.74, 6) is 0.787. The van der Waals surface area contributed by atoms with Crippen LogP contribution in [0.25, 0.3) is 11.2 Å². The Labute approximate surface area is 129 Å². The summed E-state index contributed by atoms with van der Waals surface area (Å²) in [5, 5.41) is 0.840. The Balaban J connectivity index is 1.62. The van der Waals surface area contributed by atoms with Gasteiger partial charge in [0.2, 0.25) is 0 Å². The molecule has 9 heteroatoms. The Bertz CT molecular complexity index is 913. The first-order valence-electron chi connectivity index (χ1n) is 6.72. The number of H-pyrrole nitrogens is 2. The van der Waals surface area contributed by atoms with Crippen molar-refractivity contribution in [3.8, 4) is 0 Å². The minimum Gasteiger partial charge on any atom is -0.341 e. The van der Waals surface area contributed by atoms with E-state index < -0.39 is 0 Å². The number of nitrogens with zero attached hydrogens (tertiary/aromatic N) is 4. The Morgan fingerprint density at radius 1 is 1.27 bits per heavy atom. The number of aryl methyl sites for hydroxylation is 2. The predicted molar refractivity (Wildman–Crippen MR) is 83.1 cm³/mol. The summed E-state index contributed by atoms with van der Waals surface area (Å²) < 4.78 is 1.52. The zero-order chi connectivity index (χ0) is 15.5. The molecule has 0 saturated heterocycles. The fraction of sp³-hybridized carbons (Fsp3) is 0.308. The Morgan fingerprint density at radius 2 is 2.14 bits per heavy atom. The zero-order valence-electron chi connectivity index (χ0n) is 11.9. The van der Waals surface area contributed by atoms with E-state index in [0.29, 0.717) is 17.8 Å². The number of imidazole rings is 1. The highest BCUT2D eigenvalue weighted by atomic mass is 32.2. The molecule has 0 unspecified atom stereocenters. The number of hydrogen-bond donors (Lipinski definition) is 2. The molecule has 114 valence electrons. The van der Waals surface area contributed by atoms with E-state index in [1.807, 2.05) is 0 Å². The van der Waals surface area contributed by atoms with Gasteiger partial charge in [-0.25, -0.2) is 19.7 Å². The quantitative estimate of drug-likeness (QED) is 0.407. The molecule has 3 aromatic rings. The summed E-state index contributed by atoms with van der Waals surface area (Å²) >= 11 is 1.58. The minimum absolute atomic E-state index is 0.335. The Morgan fingerprint density at radius 3 is 3.00 bits per heavy atom. The lowest BCUT2D eigenvalue weighted by Gasteiger charge is -2.05. The Hall–Kier alpha value is -2.42. The van der Waals surface area contributed by atoms with Gasteiger partial charge in [-0.2, -0.15) is 0 Å². The molecule has 3 aromatic heterocycles. The number of hydrogen-bond acceptors (Lipinski definition) is 6. The van der Waals surface area contributed by atoms with Gasteiger partial charge in [0.05, 0.1) is 6.33 Å². The molecule has 0 spiro atoms. The smallest absolute Gasteiger partial charge is 0.328 e. The van der Waals surface area contributed by atoms with Crippen molar-refractivity contribution in [3.05, 3.63) is 45.3 Å². The SMILES string of the molecule is Cc1cn(CCCSc2ncnc3nc[nH]c23)c(=O)[nH]c1=O. The molecule has 8 nitrogen and oxygen atoms in total. The largest absolute Gasteiger partial charge is 0.341 e. The molecular formula is C13H14N6O2S. The van der Waals surface area contributed by atoms with Gasteiger partial charge in [-0.15, -0.1) is 11.8 Å². The summed E-state index contributed by atoms with van der Waals surface area (Å²) in [6.45, 7) is 2.22. The topological polar surface area (TPSA) is 109 Å². The van der Waals surface area contributed by atoms with Crippen LogP contribution in [0.4, 0.5) is 0 Å². The summed E-state index contributed by atoms with van der Waals surface area (Å²) in [4.78, 5) is 40.7. The molecule has 22 heavy (non-hydrogen) atoms. The monoisotopic (exact) mass is 318 g/mol. The molecule has 0 atom stereocenters. The maximum absolute atomic E-state index is 11.7. The third-order valence-electron chi connectivity index (χ3n) is 3.16. The van der Waals surface area contributed by atoms with Crippen LogP contribution in [0, 0.1) is 6.92 Å². The van der Waals surface area contributed by atoms with E-state index in [1.54, 1.807) is 31.2 Å². The maximum Gasteiger partial charge on any atom is 0.328 e. The second-order valence-electron chi connectivity index (χ2n) is 4.75. The predicted octanol–water partition coefficient (Wildman–Crippen LogP) is 0.694. The number of rotatable bonds is 5. The average molecular weight is 318 g/mol.